The Bertz CT molecular complexity index is 435. The summed E-state index contributed by atoms with van der Waals surface area (Å²) in [5, 5.41) is 3.35. The number of aromatic nitrogens is 1. The maximum absolute atomic E-state index is 5.61. The largest absolute Gasteiger partial charge is 0.384 e. The minimum atomic E-state index is 0.559. The molecule has 0 atom stereocenters. The Morgan fingerprint density at radius 3 is 2.88 bits per heavy atom. The Labute approximate surface area is 95.3 Å². The molecule has 0 aliphatic carbocycles. The number of hydrogen-bond acceptors (Lipinski definition) is 3. The smallest absolute Gasteiger partial charge is 0.123 e. The van der Waals surface area contributed by atoms with Gasteiger partial charge >= 0.3 is 0 Å². The van der Waals surface area contributed by atoms with E-state index >= 15 is 0 Å². The van der Waals surface area contributed by atoms with Crippen LogP contribution in [0.2, 0.25) is 0 Å². The predicted molar refractivity (Wildman–Crippen MR) is 67.2 cm³/mol. The van der Waals surface area contributed by atoms with E-state index in [0.717, 1.165) is 17.8 Å². The number of benzene rings is 1. The van der Waals surface area contributed by atoms with E-state index in [1.807, 2.05) is 18.2 Å². The van der Waals surface area contributed by atoms with E-state index in [-0.39, 0.29) is 0 Å². The zero-order valence-electron chi connectivity index (χ0n) is 9.27. The summed E-state index contributed by atoms with van der Waals surface area (Å²) in [4.78, 5) is 3.96. The second kappa shape index (κ2) is 4.66. The molecule has 0 aliphatic heterocycles. The number of anilines is 2. The van der Waals surface area contributed by atoms with Gasteiger partial charge in [0.1, 0.15) is 5.82 Å². The van der Waals surface area contributed by atoms with Gasteiger partial charge in [0.2, 0.25) is 0 Å². The molecule has 0 spiro atoms. The fourth-order valence-corrected chi connectivity index (χ4v) is 1.56. The van der Waals surface area contributed by atoms with Crippen LogP contribution in [0.15, 0.2) is 42.6 Å². The third kappa shape index (κ3) is 2.73. The zero-order valence-corrected chi connectivity index (χ0v) is 9.27. The van der Waals surface area contributed by atoms with Crippen LogP contribution in [0.3, 0.4) is 0 Å². The summed E-state index contributed by atoms with van der Waals surface area (Å²) in [6.45, 7) is 2.84. The first kappa shape index (κ1) is 10.5. The second-order valence-electron chi connectivity index (χ2n) is 3.81. The summed E-state index contributed by atoms with van der Waals surface area (Å²) in [6.07, 6.45) is 1.72. The van der Waals surface area contributed by atoms with Gasteiger partial charge in [-0.15, -0.1) is 0 Å². The van der Waals surface area contributed by atoms with Crippen molar-refractivity contribution in [3.63, 3.8) is 0 Å². The van der Waals surface area contributed by atoms with Crippen molar-refractivity contribution in [1.82, 2.24) is 4.98 Å². The standard InChI is InChI=1S/C13H15N3/c1-10-3-2-4-12(7-10)16-9-11-5-6-15-13(14)8-11/h2-8,16H,9H2,1H3,(H2,14,15). The van der Waals surface area contributed by atoms with Gasteiger partial charge in [-0.05, 0) is 42.3 Å². The summed E-state index contributed by atoms with van der Waals surface area (Å²) in [7, 11) is 0. The van der Waals surface area contributed by atoms with E-state index in [4.69, 9.17) is 5.73 Å². The Morgan fingerprint density at radius 1 is 1.25 bits per heavy atom. The first-order chi connectivity index (χ1) is 7.74. The van der Waals surface area contributed by atoms with Gasteiger partial charge in [-0.2, -0.15) is 0 Å². The van der Waals surface area contributed by atoms with Gasteiger partial charge in [-0.25, -0.2) is 4.98 Å². The molecule has 0 radical (unpaired) electrons. The van der Waals surface area contributed by atoms with Crippen LogP contribution in [-0.2, 0) is 6.54 Å². The average molecular weight is 213 g/mol. The van der Waals surface area contributed by atoms with Crippen LogP contribution in [0.4, 0.5) is 11.5 Å². The predicted octanol–water partition coefficient (Wildman–Crippen LogP) is 2.58. The molecule has 82 valence electrons. The number of nitrogen functional groups attached to an aromatic ring is 1. The van der Waals surface area contributed by atoms with Gasteiger partial charge in [0.15, 0.2) is 0 Å². The molecule has 1 heterocycles. The summed E-state index contributed by atoms with van der Waals surface area (Å²) in [5.74, 6) is 0.559. The van der Waals surface area contributed by atoms with Crippen LogP contribution in [0.5, 0.6) is 0 Å². The van der Waals surface area contributed by atoms with E-state index < -0.39 is 0 Å². The van der Waals surface area contributed by atoms with Gasteiger partial charge in [0.05, 0.1) is 0 Å². The van der Waals surface area contributed by atoms with Crippen LogP contribution in [0.25, 0.3) is 0 Å². The van der Waals surface area contributed by atoms with Crippen LogP contribution < -0.4 is 11.1 Å². The van der Waals surface area contributed by atoms with Crippen molar-refractivity contribution in [2.45, 2.75) is 13.5 Å². The fraction of sp³-hybridized carbons (Fsp3) is 0.154. The molecular formula is C13H15N3. The molecular weight excluding hydrogens is 198 g/mol. The minimum Gasteiger partial charge on any atom is -0.384 e. The van der Waals surface area contributed by atoms with E-state index in [0.29, 0.717) is 5.82 Å². The molecule has 3 N–H and O–H groups in total. The number of nitrogens with zero attached hydrogens (tertiary/aromatic N) is 1. The SMILES string of the molecule is Cc1cccc(NCc2ccnc(N)c2)c1. The molecule has 1 aromatic heterocycles. The van der Waals surface area contributed by atoms with Crippen molar-refractivity contribution in [3.05, 3.63) is 53.7 Å². The van der Waals surface area contributed by atoms with Gasteiger partial charge in [-0.1, -0.05) is 12.1 Å². The highest BCUT2D eigenvalue weighted by Crippen LogP contribution is 2.11. The molecule has 0 aliphatic rings. The monoisotopic (exact) mass is 213 g/mol. The van der Waals surface area contributed by atoms with Crippen molar-refractivity contribution < 1.29 is 0 Å². The number of nitrogens with one attached hydrogen (secondary N) is 1. The maximum Gasteiger partial charge on any atom is 0.123 e. The van der Waals surface area contributed by atoms with E-state index in [9.17, 15) is 0 Å². The number of rotatable bonds is 3. The maximum atomic E-state index is 5.61. The van der Waals surface area contributed by atoms with Crippen LogP contribution in [0, 0.1) is 6.92 Å². The lowest BCUT2D eigenvalue weighted by Crippen LogP contribution is -2.00. The molecule has 16 heavy (non-hydrogen) atoms. The Hall–Kier alpha value is -2.03. The van der Waals surface area contributed by atoms with Crippen molar-refractivity contribution in [1.29, 1.82) is 0 Å². The van der Waals surface area contributed by atoms with Crippen LogP contribution in [0.1, 0.15) is 11.1 Å². The van der Waals surface area contributed by atoms with E-state index in [1.54, 1.807) is 6.20 Å². The first-order valence-corrected chi connectivity index (χ1v) is 5.25. The quantitative estimate of drug-likeness (QED) is 0.824. The zero-order chi connectivity index (χ0) is 11.4. The van der Waals surface area contributed by atoms with Gasteiger partial charge < -0.3 is 11.1 Å². The summed E-state index contributed by atoms with van der Waals surface area (Å²) >= 11 is 0. The lowest BCUT2D eigenvalue weighted by atomic mass is 10.2. The molecule has 0 amide bonds. The summed E-state index contributed by atoms with van der Waals surface area (Å²) < 4.78 is 0. The fourth-order valence-electron chi connectivity index (χ4n) is 1.56. The minimum absolute atomic E-state index is 0.559. The highest BCUT2D eigenvalue weighted by Gasteiger charge is 1.95. The van der Waals surface area contributed by atoms with Gasteiger partial charge in [0.25, 0.3) is 0 Å². The molecule has 1 aromatic carbocycles. The summed E-state index contributed by atoms with van der Waals surface area (Å²) in [5.41, 5.74) is 9.12. The third-order valence-electron chi connectivity index (χ3n) is 2.36. The van der Waals surface area contributed by atoms with Crippen LogP contribution in [-0.4, -0.2) is 4.98 Å². The number of nitrogens with two attached hydrogens (primary N) is 1. The lowest BCUT2D eigenvalue weighted by molar-refractivity contribution is 1.13. The van der Waals surface area contributed by atoms with E-state index in [2.05, 4.69) is 35.4 Å². The van der Waals surface area contributed by atoms with Gasteiger partial charge in [0, 0.05) is 18.4 Å². The molecule has 2 rings (SSSR count). The van der Waals surface area contributed by atoms with Crippen molar-refractivity contribution in [2.75, 3.05) is 11.1 Å². The van der Waals surface area contributed by atoms with Crippen LogP contribution >= 0.6 is 0 Å². The highest BCUT2D eigenvalue weighted by molar-refractivity contribution is 5.46. The second-order valence-corrected chi connectivity index (χ2v) is 3.81. The van der Waals surface area contributed by atoms with Gasteiger partial charge in [-0.3, -0.25) is 0 Å². The Kier molecular flexibility index (Phi) is 3.05. The topological polar surface area (TPSA) is 50.9 Å². The third-order valence-corrected chi connectivity index (χ3v) is 2.36. The summed E-state index contributed by atoms with van der Waals surface area (Å²) in [6, 6.07) is 12.1. The molecule has 2 aromatic rings. The lowest BCUT2D eigenvalue weighted by Gasteiger charge is -2.07. The number of aryl methyl sites for hydroxylation is 1. The highest BCUT2D eigenvalue weighted by atomic mass is 14.9. The Balaban J connectivity index is 2.02. The van der Waals surface area contributed by atoms with E-state index in [1.165, 1.54) is 5.56 Å². The Morgan fingerprint density at radius 2 is 2.12 bits per heavy atom. The number of hydrogen-bond donors (Lipinski definition) is 2. The molecule has 3 heteroatoms. The molecule has 0 saturated heterocycles. The molecule has 0 fully saturated rings. The molecule has 0 bridgehead atoms. The normalized spacial score (nSPS) is 10.1. The van der Waals surface area contributed by atoms with Crippen molar-refractivity contribution in [3.8, 4) is 0 Å². The average Bonchev–Trinajstić information content (AvgIpc) is 2.27. The van der Waals surface area contributed by atoms with Crippen molar-refractivity contribution >= 4 is 11.5 Å². The number of pyridine rings is 1. The first-order valence-electron chi connectivity index (χ1n) is 5.25. The molecule has 0 saturated carbocycles. The molecule has 0 unspecified atom stereocenters. The van der Waals surface area contributed by atoms with Crippen molar-refractivity contribution in [2.24, 2.45) is 0 Å². The molecule has 3 nitrogen and oxygen atoms in total.